The van der Waals surface area contributed by atoms with Gasteiger partial charge in [-0.25, -0.2) is 0 Å². The first-order valence-corrected chi connectivity index (χ1v) is 5.94. The number of hydrogen-bond acceptors (Lipinski definition) is 2. The Kier molecular flexibility index (Phi) is 2.00. The molecule has 0 atom stereocenters. The summed E-state index contributed by atoms with van der Waals surface area (Å²) in [5, 5.41) is 3.11. The molecular formula is C11H10F3NS. The first kappa shape index (κ1) is 10.3. The van der Waals surface area contributed by atoms with E-state index in [1.165, 1.54) is 6.07 Å². The molecule has 2 aliphatic rings. The molecule has 1 saturated carbocycles. The van der Waals surface area contributed by atoms with Gasteiger partial charge in [0.2, 0.25) is 0 Å². The summed E-state index contributed by atoms with van der Waals surface area (Å²) in [7, 11) is 0. The summed E-state index contributed by atoms with van der Waals surface area (Å²) in [4.78, 5) is 0.941. The molecule has 1 fully saturated rings. The fourth-order valence-corrected chi connectivity index (χ4v) is 3.17. The molecule has 1 aliphatic carbocycles. The molecule has 0 bridgehead atoms. The van der Waals surface area contributed by atoms with E-state index >= 15 is 0 Å². The zero-order valence-electron chi connectivity index (χ0n) is 8.40. The largest absolute Gasteiger partial charge is 0.416 e. The highest BCUT2D eigenvalue weighted by molar-refractivity contribution is 8.01. The van der Waals surface area contributed by atoms with Crippen LogP contribution in [0.2, 0.25) is 0 Å². The summed E-state index contributed by atoms with van der Waals surface area (Å²) in [5.74, 6) is 0. The van der Waals surface area contributed by atoms with Gasteiger partial charge in [0.25, 0.3) is 0 Å². The van der Waals surface area contributed by atoms with E-state index in [9.17, 15) is 13.2 Å². The summed E-state index contributed by atoms with van der Waals surface area (Å²) >= 11 is 1.71. The van der Waals surface area contributed by atoms with Crippen molar-refractivity contribution in [1.82, 2.24) is 0 Å². The smallest absolute Gasteiger partial charge is 0.383 e. The number of hydrogen-bond donors (Lipinski definition) is 1. The standard InChI is InChI=1S/C11H10F3NS/c12-11(13,14)7-1-2-9-8(5-7)15-6-10(16-9)3-4-10/h1-2,5,15H,3-4,6H2. The monoisotopic (exact) mass is 245 g/mol. The molecule has 1 N–H and O–H groups in total. The van der Waals surface area contributed by atoms with E-state index in [0.29, 0.717) is 5.69 Å². The molecule has 1 aromatic carbocycles. The maximum absolute atomic E-state index is 12.5. The van der Waals surface area contributed by atoms with Gasteiger partial charge in [0.1, 0.15) is 0 Å². The molecule has 16 heavy (non-hydrogen) atoms. The molecule has 1 heterocycles. The van der Waals surface area contributed by atoms with Gasteiger partial charge in [-0.3, -0.25) is 0 Å². The molecule has 1 nitrogen and oxygen atoms in total. The van der Waals surface area contributed by atoms with Crippen LogP contribution in [0, 0.1) is 0 Å². The number of benzene rings is 1. The van der Waals surface area contributed by atoms with Gasteiger partial charge >= 0.3 is 6.18 Å². The fraction of sp³-hybridized carbons (Fsp3) is 0.455. The predicted octanol–water partition coefficient (Wildman–Crippen LogP) is 3.76. The van der Waals surface area contributed by atoms with Crippen LogP contribution in [0.25, 0.3) is 0 Å². The highest BCUT2D eigenvalue weighted by Gasteiger charge is 2.46. The van der Waals surface area contributed by atoms with Crippen LogP contribution >= 0.6 is 11.8 Å². The number of anilines is 1. The van der Waals surface area contributed by atoms with Crippen LogP contribution in [0.5, 0.6) is 0 Å². The van der Waals surface area contributed by atoms with E-state index in [2.05, 4.69) is 5.32 Å². The molecule has 1 spiro atoms. The lowest BCUT2D eigenvalue weighted by Crippen LogP contribution is -2.23. The van der Waals surface area contributed by atoms with Crippen molar-refractivity contribution < 1.29 is 13.2 Å². The lowest BCUT2D eigenvalue weighted by molar-refractivity contribution is -0.137. The van der Waals surface area contributed by atoms with Gasteiger partial charge in [0, 0.05) is 21.9 Å². The van der Waals surface area contributed by atoms with E-state index in [1.807, 2.05) is 0 Å². The average molecular weight is 245 g/mol. The van der Waals surface area contributed by atoms with Crippen LogP contribution < -0.4 is 5.32 Å². The Morgan fingerprint density at radius 2 is 2.00 bits per heavy atom. The molecule has 1 aliphatic heterocycles. The zero-order chi connectivity index (χ0) is 11.4. The van der Waals surface area contributed by atoms with Crippen molar-refractivity contribution in [2.45, 2.75) is 28.7 Å². The summed E-state index contributed by atoms with van der Waals surface area (Å²) in [6.45, 7) is 0.784. The molecule has 86 valence electrons. The van der Waals surface area contributed by atoms with Gasteiger partial charge < -0.3 is 5.32 Å². The maximum atomic E-state index is 12.5. The van der Waals surface area contributed by atoms with Crippen molar-refractivity contribution in [3.8, 4) is 0 Å². The quantitative estimate of drug-likeness (QED) is 0.747. The lowest BCUT2D eigenvalue weighted by Gasteiger charge is -2.26. The Hall–Kier alpha value is -0.840. The van der Waals surface area contributed by atoms with Gasteiger partial charge in [0.15, 0.2) is 0 Å². The number of rotatable bonds is 0. The summed E-state index contributed by atoms with van der Waals surface area (Å²) < 4.78 is 37.7. The van der Waals surface area contributed by atoms with Crippen LogP contribution in [-0.4, -0.2) is 11.3 Å². The van der Waals surface area contributed by atoms with Gasteiger partial charge in [-0.05, 0) is 31.0 Å². The van der Waals surface area contributed by atoms with Crippen LogP contribution in [0.3, 0.4) is 0 Å². The summed E-state index contributed by atoms with van der Waals surface area (Å²) in [5.41, 5.74) is 0.0449. The summed E-state index contributed by atoms with van der Waals surface area (Å²) in [6.07, 6.45) is -1.94. The minimum atomic E-state index is -4.25. The average Bonchev–Trinajstić information content (AvgIpc) is 2.95. The molecule has 0 radical (unpaired) electrons. The molecule has 3 rings (SSSR count). The van der Waals surface area contributed by atoms with Crippen molar-refractivity contribution in [2.24, 2.45) is 0 Å². The number of thioether (sulfide) groups is 1. The highest BCUT2D eigenvalue weighted by atomic mass is 32.2. The molecule has 1 aromatic rings. The number of halogens is 3. The third-order valence-corrected chi connectivity index (χ3v) is 4.60. The lowest BCUT2D eigenvalue weighted by atomic mass is 10.2. The van der Waals surface area contributed by atoms with Crippen molar-refractivity contribution in [3.63, 3.8) is 0 Å². The maximum Gasteiger partial charge on any atom is 0.416 e. The van der Waals surface area contributed by atoms with Crippen molar-refractivity contribution in [3.05, 3.63) is 23.8 Å². The summed E-state index contributed by atoms with van der Waals surface area (Å²) in [6, 6.07) is 3.95. The van der Waals surface area contributed by atoms with Gasteiger partial charge in [-0.15, -0.1) is 11.8 Å². The second-order valence-electron chi connectivity index (χ2n) is 4.35. The first-order valence-electron chi connectivity index (χ1n) is 5.13. The SMILES string of the molecule is FC(F)(F)c1ccc2c(c1)NCC1(CC1)S2. The second kappa shape index (κ2) is 3.09. The number of nitrogens with one attached hydrogen (secondary N) is 1. The highest BCUT2D eigenvalue weighted by Crippen LogP contribution is 2.56. The minimum absolute atomic E-state index is 0.271. The van der Waals surface area contributed by atoms with Gasteiger partial charge in [-0.1, -0.05) is 0 Å². The molecule has 0 unspecified atom stereocenters. The van der Waals surface area contributed by atoms with Gasteiger partial charge in [-0.2, -0.15) is 13.2 Å². The van der Waals surface area contributed by atoms with Crippen molar-refractivity contribution in [1.29, 1.82) is 0 Å². The van der Waals surface area contributed by atoms with E-state index in [1.54, 1.807) is 17.8 Å². The first-order chi connectivity index (χ1) is 7.49. The molecular weight excluding hydrogens is 235 g/mol. The Morgan fingerprint density at radius 1 is 1.25 bits per heavy atom. The van der Waals surface area contributed by atoms with Crippen LogP contribution in [0.1, 0.15) is 18.4 Å². The van der Waals surface area contributed by atoms with Crippen LogP contribution in [0.15, 0.2) is 23.1 Å². The van der Waals surface area contributed by atoms with Gasteiger partial charge in [0.05, 0.1) is 5.56 Å². The topological polar surface area (TPSA) is 12.0 Å². The van der Waals surface area contributed by atoms with E-state index < -0.39 is 11.7 Å². The third-order valence-electron chi connectivity index (χ3n) is 3.04. The molecule has 5 heteroatoms. The second-order valence-corrected chi connectivity index (χ2v) is 5.86. The molecule has 0 saturated heterocycles. The van der Waals surface area contributed by atoms with E-state index in [0.717, 1.165) is 30.3 Å². The van der Waals surface area contributed by atoms with Crippen molar-refractivity contribution in [2.75, 3.05) is 11.9 Å². The van der Waals surface area contributed by atoms with E-state index in [4.69, 9.17) is 0 Å². The Bertz CT molecular complexity index is 437. The Balaban J connectivity index is 1.95. The van der Waals surface area contributed by atoms with E-state index in [-0.39, 0.29) is 4.75 Å². The Morgan fingerprint density at radius 3 is 2.62 bits per heavy atom. The third kappa shape index (κ3) is 1.67. The predicted molar refractivity (Wildman–Crippen MR) is 57.8 cm³/mol. The Labute approximate surface area is 95.4 Å². The minimum Gasteiger partial charge on any atom is -0.383 e. The van der Waals surface area contributed by atoms with Crippen LogP contribution in [0.4, 0.5) is 18.9 Å². The van der Waals surface area contributed by atoms with Crippen LogP contribution in [-0.2, 0) is 6.18 Å². The molecule has 0 amide bonds. The molecule has 0 aromatic heterocycles. The van der Waals surface area contributed by atoms with Crippen molar-refractivity contribution >= 4 is 17.4 Å². The number of fused-ring (bicyclic) bond motifs is 1. The number of alkyl halides is 3. The fourth-order valence-electron chi connectivity index (χ4n) is 1.88. The normalized spacial score (nSPS) is 21.4. The zero-order valence-corrected chi connectivity index (χ0v) is 9.21.